The van der Waals surface area contributed by atoms with Crippen LogP contribution in [0.2, 0.25) is 0 Å². The average Bonchev–Trinajstić information content (AvgIpc) is 2.49. The van der Waals surface area contributed by atoms with Crippen molar-refractivity contribution in [1.29, 1.82) is 0 Å². The van der Waals surface area contributed by atoms with E-state index in [0.717, 1.165) is 18.7 Å². The van der Waals surface area contributed by atoms with Crippen LogP contribution in [-0.2, 0) is 0 Å². The number of pyridine rings is 1. The van der Waals surface area contributed by atoms with Gasteiger partial charge in [-0.1, -0.05) is 18.2 Å². The molecule has 0 bridgehead atoms. The van der Waals surface area contributed by atoms with E-state index in [9.17, 15) is 0 Å². The molecule has 21 heavy (non-hydrogen) atoms. The van der Waals surface area contributed by atoms with E-state index in [1.54, 1.807) is 0 Å². The van der Waals surface area contributed by atoms with Crippen LogP contribution >= 0.6 is 0 Å². The van der Waals surface area contributed by atoms with Crippen LogP contribution in [0.4, 0.5) is 5.69 Å². The van der Waals surface area contributed by atoms with Crippen LogP contribution in [0.5, 0.6) is 0 Å². The van der Waals surface area contributed by atoms with Crippen molar-refractivity contribution in [3.8, 4) is 0 Å². The van der Waals surface area contributed by atoms with E-state index in [1.807, 2.05) is 12.3 Å². The number of nitrogens with zero attached hydrogens (tertiary/aromatic N) is 3. The summed E-state index contributed by atoms with van der Waals surface area (Å²) in [6.07, 6.45) is 2.96. The molecule has 2 aromatic rings. The van der Waals surface area contributed by atoms with Crippen molar-refractivity contribution in [2.75, 3.05) is 39.6 Å². The standard InChI is InChI=1S/C18H25N3/c1-20(2)14-12-17(18-7-5-6-13-19-18)15-8-10-16(11-9-15)21(3)4/h5-11,13,17H,12,14H2,1-4H3. The van der Waals surface area contributed by atoms with Gasteiger partial charge in [0.15, 0.2) is 0 Å². The molecule has 1 atom stereocenters. The van der Waals surface area contributed by atoms with Gasteiger partial charge < -0.3 is 9.80 Å². The molecule has 0 saturated heterocycles. The van der Waals surface area contributed by atoms with Crippen molar-refractivity contribution in [2.24, 2.45) is 0 Å². The first kappa shape index (κ1) is 15.5. The third-order valence-electron chi connectivity index (χ3n) is 3.72. The zero-order chi connectivity index (χ0) is 15.2. The predicted octanol–water partition coefficient (Wildman–Crippen LogP) is 3.23. The molecule has 0 N–H and O–H groups in total. The van der Waals surface area contributed by atoms with Crippen molar-refractivity contribution in [3.63, 3.8) is 0 Å². The number of anilines is 1. The quantitative estimate of drug-likeness (QED) is 0.811. The van der Waals surface area contributed by atoms with Gasteiger partial charge in [-0.05, 0) is 56.9 Å². The van der Waals surface area contributed by atoms with E-state index in [-0.39, 0.29) is 0 Å². The highest BCUT2D eigenvalue weighted by atomic mass is 15.1. The maximum atomic E-state index is 4.56. The molecule has 0 spiro atoms. The number of rotatable bonds is 6. The first-order valence-electron chi connectivity index (χ1n) is 7.41. The molecular formula is C18H25N3. The van der Waals surface area contributed by atoms with Crippen LogP contribution in [0.3, 0.4) is 0 Å². The number of hydrogen-bond donors (Lipinski definition) is 0. The molecule has 0 aliphatic carbocycles. The molecule has 1 unspecified atom stereocenters. The molecule has 1 aromatic carbocycles. The predicted molar refractivity (Wildman–Crippen MR) is 90.0 cm³/mol. The molecule has 1 aromatic heterocycles. The average molecular weight is 283 g/mol. The molecule has 0 aliphatic heterocycles. The summed E-state index contributed by atoms with van der Waals surface area (Å²) in [6, 6.07) is 15.0. The molecule has 3 heteroatoms. The van der Waals surface area contributed by atoms with Gasteiger partial charge in [0, 0.05) is 37.6 Å². The fraction of sp³-hybridized carbons (Fsp3) is 0.389. The first-order valence-corrected chi connectivity index (χ1v) is 7.41. The topological polar surface area (TPSA) is 19.4 Å². The van der Waals surface area contributed by atoms with Gasteiger partial charge in [0.05, 0.1) is 0 Å². The Labute approximate surface area is 128 Å². The van der Waals surface area contributed by atoms with Crippen molar-refractivity contribution < 1.29 is 0 Å². The summed E-state index contributed by atoms with van der Waals surface area (Å²) >= 11 is 0. The lowest BCUT2D eigenvalue weighted by atomic mass is 9.91. The van der Waals surface area contributed by atoms with Gasteiger partial charge in [-0.25, -0.2) is 0 Å². The highest BCUT2D eigenvalue weighted by Gasteiger charge is 2.15. The third-order valence-corrected chi connectivity index (χ3v) is 3.72. The molecule has 112 valence electrons. The molecule has 0 amide bonds. The van der Waals surface area contributed by atoms with Gasteiger partial charge >= 0.3 is 0 Å². The van der Waals surface area contributed by atoms with E-state index >= 15 is 0 Å². The molecule has 2 rings (SSSR count). The zero-order valence-electron chi connectivity index (χ0n) is 13.5. The largest absolute Gasteiger partial charge is 0.378 e. The monoisotopic (exact) mass is 283 g/mol. The maximum Gasteiger partial charge on any atom is 0.0478 e. The van der Waals surface area contributed by atoms with Gasteiger partial charge in [0.25, 0.3) is 0 Å². The van der Waals surface area contributed by atoms with Crippen LogP contribution in [0, 0.1) is 0 Å². The van der Waals surface area contributed by atoms with Crippen LogP contribution in [0.25, 0.3) is 0 Å². The summed E-state index contributed by atoms with van der Waals surface area (Å²) in [4.78, 5) is 8.91. The summed E-state index contributed by atoms with van der Waals surface area (Å²) in [6.45, 7) is 1.05. The van der Waals surface area contributed by atoms with Gasteiger partial charge in [0.2, 0.25) is 0 Å². The lowest BCUT2D eigenvalue weighted by molar-refractivity contribution is 0.389. The molecule has 3 nitrogen and oxygen atoms in total. The fourth-order valence-electron chi connectivity index (χ4n) is 2.46. The van der Waals surface area contributed by atoms with E-state index in [0.29, 0.717) is 5.92 Å². The number of aromatic nitrogens is 1. The minimum Gasteiger partial charge on any atom is -0.378 e. The van der Waals surface area contributed by atoms with Crippen LogP contribution in [-0.4, -0.2) is 44.6 Å². The minimum absolute atomic E-state index is 0.352. The Morgan fingerprint density at radius 2 is 1.67 bits per heavy atom. The van der Waals surface area contributed by atoms with Gasteiger partial charge in [-0.15, -0.1) is 0 Å². The Bertz CT molecular complexity index is 532. The highest BCUT2D eigenvalue weighted by Crippen LogP contribution is 2.28. The van der Waals surface area contributed by atoms with E-state index in [1.165, 1.54) is 11.3 Å². The van der Waals surface area contributed by atoms with Crippen molar-refractivity contribution in [2.45, 2.75) is 12.3 Å². The third kappa shape index (κ3) is 4.30. The van der Waals surface area contributed by atoms with Crippen LogP contribution < -0.4 is 4.90 Å². The first-order chi connectivity index (χ1) is 10.1. The second-order valence-electron chi connectivity index (χ2n) is 5.89. The summed E-state index contributed by atoms with van der Waals surface area (Å²) < 4.78 is 0. The Balaban J connectivity index is 2.26. The fourth-order valence-corrected chi connectivity index (χ4v) is 2.46. The Morgan fingerprint density at radius 1 is 0.952 bits per heavy atom. The SMILES string of the molecule is CN(C)CCC(c1ccc(N(C)C)cc1)c1ccccn1. The molecule has 0 fully saturated rings. The lowest BCUT2D eigenvalue weighted by Gasteiger charge is -2.20. The van der Waals surface area contributed by atoms with Gasteiger partial charge in [0.1, 0.15) is 0 Å². The summed E-state index contributed by atoms with van der Waals surface area (Å²) in [5.74, 6) is 0.352. The minimum atomic E-state index is 0.352. The van der Waals surface area contributed by atoms with Gasteiger partial charge in [-0.3, -0.25) is 4.98 Å². The second-order valence-corrected chi connectivity index (χ2v) is 5.89. The Hall–Kier alpha value is -1.87. The van der Waals surface area contributed by atoms with Crippen LogP contribution in [0.1, 0.15) is 23.6 Å². The maximum absolute atomic E-state index is 4.56. The number of hydrogen-bond acceptors (Lipinski definition) is 3. The molecular weight excluding hydrogens is 258 g/mol. The highest BCUT2D eigenvalue weighted by molar-refractivity contribution is 5.47. The smallest absolute Gasteiger partial charge is 0.0478 e. The summed E-state index contributed by atoms with van der Waals surface area (Å²) in [7, 11) is 8.36. The summed E-state index contributed by atoms with van der Waals surface area (Å²) in [5, 5.41) is 0. The molecule has 0 aliphatic rings. The second kappa shape index (κ2) is 7.23. The normalized spacial score (nSPS) is 12.4. The lowest BCUT2D eigenvalue weighted by Crippen LogP contribution is -2.17. The zero-order valence-corrected chi connectivity index (χ0v) is 13.5. The Kier molecular flexibility index (Phi) is 5.34. The van der Waals surface area contributed by atoms with Crippen LogP contribution in [0.15, 0.2) is 48.7 Å². The van der Waals surface area contributed by atoms with E-state index < -0.39 is 0 Å². The molecule has 0 radical (unpaired) electrons. The van der Waals surface area contributed by atoms with E-state index in [2.05, 4.69) is 79.4 Å². The molecule has 1 heterocycles. The van der Waals surface area contributed by atoms with Gasteiger partial charge in [-0.2, -0.15) is 0 Å². The molecule has 0 saturated carbocycles. The van der Waals surface area contributed by atoms with Crippen molar-refractivity contribution >= 4 is 5.69 Å². The number of benzene rings is 1. The van der Waals surface area contributed by atoms with Crippen molar-refractivity contribution in [3.05, 3.63) is 59.9 Å². The van der Waals surface area contributed by atoms with Crippen molar-refractivity contribution in [1.82, 2.24) is 9.88 Å². The van der Waals surface area contributed by atoms with E-state index in [4.69, 9.17) is 0 Å². The Morgan fingerprint density at radius 3 is 2.19 bits per heavy atom. The summed E-state index contributed by atoms with van der Waals surface area (Å²) in [5.41, 5.74) is 3.71.